The number of carbonyl (C=O) groups is 1. The highest BCUT2D eigenvalue weighted by Crippen LogP contribution is 2.09. The largest absolute Gasteiger partial charge is 0.396 e. The van der Waals surface area contributed by atoms with Gasteiger partial charge in [-0.05, 0) is 45.1 Å². The Hall–Kier alpha value is -0.610. The lowest BCUT2D eigenvalue weighted by molar-refractivity contribution is -0.122. The Balaban J connectivity index is 3.57. The van der Waals surface area contributed by atoms with Crippen molar-refractivity contribution in [1.82, 2.24) is 5.32 Å². The zero-order chi connectivity index (χ0) is 12.4. The minimum Gasteiger partial charge on any atom is -0.396 e. The summed E-state index contributed by atoms with van der Waals surface area (Å²) in [5.41, 5.74) is 5.45. The Morgan fingerprint density at radius 3 is 2.56 bits per heavy atom. The first-order chi connectivity index (χ1) is 7.60. The van der Waals surface area contributed by atoms with Crippen molar-refractivity contribution in [1.29, 1.82) is 0 Å². The Bertz CT molecular complexity index is 186. The number of nitrogens with one attached hydrogen (secondary N) is 1. The number of aliphatic hydroxyl groups is 1. The summed E-state index contributed by atoms with van der Waals surface area (Å²) in [5.74, 6) is 0.623. The van der Waals surface area contributed by atoms with Crippen LogP contribution in [0.15, 0.2) is 0 Å². The van der Waals surface area contributed by atoms with Crippen LogP contribution in [0, 0.1) is 5.92 Å². The lowest BCUT2D eigenvalue weighted by Gasteiger charge is -2.14. The van der Waals surface area contributed by atoms with E-state index in [0.29, 0.717) is 18.9 Å². The molecule has 2 atom stereocenters. The number of rotatable bonds is 9. The molecule has 0 aliphatic heterocycles. The smallest absolute Gasteiger partial charge is 0.220 e. The van der Waals surface area contributed by atoms with Gasteiger partial charge in [0, 0.05) is 19.1 Å². The highest BCUT2D eigenvalue weighted by Gasteiger charge is 2.09. The Morgan fingerprint density at radius 1 is 1.31 bits per heavy atom. The molecule has 0 aliphatic rings. The van der Waals surface area contributed by atoms with Crippen LogP contribution >= 0.6 is 0 Å². The molecule has 4 nitrogen and oxygen atoms in total. The van der Waals surface area contributed by atoms with E-state index in [1.54, 1.807) is 0 Å². The molecule has 0 spiro atoms. The standard InChI is InChI=1S/C12H26N2O2/c1-10(7-8-13)5-6-12(16)14-11(2)4-3-9-15/h10-11,15H,3-9,13H2,1-2H3,(H,14,16). The van der Waals surface area contributed by atoms with Crippen LogP contribution in [-0.2, 0) is 4.79 Å². The quantitative estimate of drug-likeness (QED) is 0.554. The molecule has 4 N–H and O–H groups in total. The van der Waals surface area contributed by atoms with E-state index in [4.69, 9.17) is 10.8 Å². The molecule has 0 saturated heterocycles. The third kappa shape index (κ3) is 8.68. The van der Waals surface area contributed by atoms with Crippen molar-refractivity contribution in [3.05, 3.63) is 0 Å². The van der Waals surface area contributed by atoms with E-state index in [0.717, 1.165) is 25.7 Å². The molecule has 0 rings (SSSR count). The van der Waals surface area contributed by atoms with Crippen LogP contribution in [0.1, 0.15) is 46.0 Å². The predicted molar refractivity (Wildman–Crippen MR) is 66.0 cm³/mol. The topological polar surface area (TPSA) is 75.4 Å². The van der Waals surface area contributed by atoms with E-state index >= 15 is 0 Å². The van der Waals surface area contributed by atoms with Gasteiger partial charge in [-0.15, -0.1) is 0 Å². The maximum Gasteiger partial charge on any atom is 0.220 e. The van der Waals surface area contributed by atoms with Gasteiger partial charge in [0.05, 0.1) is 0 Å². The minimum atomic E-state index is 0.106. The van der Waals surface area contributed by atoms with Gasteiger partial charge < -0.3 is 16.2 Å². The van der Waals surface area contributed by atoms with Crippen molar-refractivity contribution in [2.24, 2.45) is 11.7 Å². The summed E-state index contributed by atoms with van der Waals surface area (Å²) in [4.78, 5) is 11.5. The highest BCUT2D eigenvalue weighted by atomic mass is 16.2. The van der Waals surface area contributed by atoms with Gasteiger partial charge in [-0.1, -0.05) is 6.92 Å². The first-order valence-corrected chi connectivity index (χ1v) is 6.20. The zero-order valence-corrected chi connectivity index (χ0v) is 10.5. The van der Waals surface area contributed by atoms with Crippen molar-refractivity contribution in [2.45, 2.75) is 52.0 Å². The van der Waals surface area contributed by atoms with Crippen LogP contribution in [0.5, 0.6) is 0 Å². The predicted octanol–water partition coefficient (Wildman–Crippen LogP) is 1.03. The first-order valence-electron chi connectivity index (χ1n) is 6.20. The van der Waals surface area contributed by atoms with E-state index in [9.17, 15) is 4.79 Å². The van der Waals surface area contributed by atoms with Gasteiger partial charge in [-0.3, -0.25) is 4.79 Å². The van der Waals surface area contributed by atoms with Gasteiger partial charge in [0.15, 0.2) is 0 Å². The molecule has 16 heavy (non-hydrogen) atoms. The van der Waals surface area contributed by atoms with Crippen molar-refractivity contribution in [2.75, 3.05) is 13.2 Å². The molecular formula is C12H26N2O2. The first kappa shape index (κ1) is 15.4. The molecule has 0 aromatic heterocycles. The summed E-state index contributed by atoms with van der Waals surface area (Å²) in [7, 11) is 0. The lowest BCUT2D eigenvalue weighted by Crippen LogP contribution is -2.32. The Morgan fingerprint density at radius 2 is 2.00 bits per heavy atom. The monoisotopic (exact) mass is 230 g/mol. The molecule has 0 bridgehead atoms. The fourth-order valence-corrected chi connectivity index (χ4v) is 1.62. The fraction of sp³-hybridized carbons (Fsp3) is 0.917. The summed E-state index contributed by atoms with van der Waals surface area (Å²) in [6.07, 6.45) is 4.03. The lowest BCUT2D eigenvalue weighted by atomic mass is 10.0. The number of nitrogens with two attached hydrogens (primary N) is 1. The number of carbonyl (C=O) groups excluding carboxylic acids is 1. The van der Waals surface area contributed by atoms with Gasteiger partial charge >= 0.3 is 0 Å². The fourth-order valence-electron chi connectivity index (χ4n) is 1.62. The summed E-state index contributed by atoms with van der Waals surface area (Å²) in [5, 5.41) is 11.6. The van der Waals surface area contributed by atoms with Gasteiger partial charge in [-0.2, -0.15) is 0 Å². The third-order valence-electron chi connectivity index (χ3n) is 2.73. The molecule has 0 saturated carbocycles. The zero-order valence-electron chi connectivity index (χ0n) is 10.5. The Labute approximate surface area is 98.6 Å². The maximum absolute atomic E-state index is 11.5. The van der Waals surface area contributed by atoms with E-state index < -0.39 is 0 Å². The SMILES string of the molecule is CC(CCN)CCC(=O)NC(C)CCCO. The molecule has 4 heteroatoms. The Kier molecular flexibility index (Phi) is 9.24. The summed E-state index contributed by atoms with van der Waals surface area (Å²) < 4.78 is 0. The minimum absolute atomic E-state index is 0.106. The average molecular weight is 230 g/mol. The molecule has 0 aromatic rings. The van der Waals surface area contributed by atoms with Gasteiger partial charge in [0.1, 0.15) is 0 Å². The highest BCUT2D eigenvalue weighted by molar-refractivity contribution is 5.76. The van der Waals surface area contributed by atoms with Gasteiger partial charge in [0.2, 0.25) is 5.91 Å². The molecule has 0 aromatic carbocycles. The van der Waals surface area contributed by atoms with Gasteiger partial charge in [0.25, 0.3) is 0 Å². The normalized spacial score (nSPS) is 14.5. The number of hydrogen-bond acceptors (Lipinski definition) is 3. The third-order valence-corrected chi connectivity index (χ3v) is 2.73. The van der Waals surface area contributed by atoms with E-state index in [1.165, 1.54) is 0 Å². The van der Waals surface area contributed by atoms with Crippen LogP contribution in [0.2, 0.25) is 0 Å². The second-order valence-electron chi connectivity index (χ2n) is 4.56. The maximum atomic E-state index is 11.5. The van der Waals surface area contributed by atoms with E-state index in [1.807, 2.05) is 6.92 Å². The van der Waals surface area contributed by atoms with Crippen LogP contribution < -0.4 is 11.1 Å². The molecule has 96 valence electrons. The van der Waals surface area contributed by atoms with Gasteiger partial charge in [-0.25, -0.2) is 0 Å². The summed E-state index contributed by atoms with van der Waals surface area (Å²) in [6.45, 7) is 4.97. The van der Waals surface area contributed by atoms with Crippen LogP contribution in [0.4, 0.5) is 0 Å². The molecule has 0 aliphatic carbocycles. The average Bonchev–Trinajstić information content (AvgIpc) is 2.24. The molecule has 1 amide bonds. The van der Waals surface area contributed by atoms with Crippen molar-refractivity contribution < 1.29 is 9.90 Å². The second kappa shape index (κ2) is 9.60. The molecular weight excluding hydrogens is 204 g/mol. The van der Waals surface area contributed by atoms with Crippen molar-refractivity contribution in [3.63, 3.8) is 0 Å². The molecule has 0 heterocycles. The number of aliphatic hydroxyl groups excluding tert-OH is 1. The molecule has 0 radical (unpaired) electrons. The molecule has 2 unspecified atom stereocenters. The number of amides is 1. The van der Waals surface area contributed by atoms with E-state index in [-0.39, 0.29) is 18.6 Å². The van der Waals surface area contributed by atoms with Crippen molar-refractivity contribution >= 4 is 5.91 Å². The molecule has 0 fully saturated rings. The summed E-state index contributed by atoms with van der Waals surface area (Å²) >= 11 is 0. The van der Waals surface area contributed by atoms with Crippen LogP contribution in [-0.4, -0.2) is 30.2 Å². The summed E-state index contributed by atoms with van der Waals surface area (Å²) in [6, 6.07) is 0.157. The second-order valence-corrected chi connectivity index (χ2v) is 4.56. The van der Waals surface area contributed by atoms with Crippen LogP contribution in [0.25, 0.3) is 0 Å². The van der Waals surface area contributed by atoms with Crippen LogP contribution in [0.3, 0.4) is 0 Å². The van der Waals surface area contributed by atoms with E-state index in [2.05, 4.69) is 12.2 Å². The number of hydrogen-bond donors (Lipinski definition) is 3. The van der Waals surface area contributed by atoms with Crippen molar-refractivity contribution in [3.8, 4) is 0 Å².